The largest absolute Gasteiger partial charge is 0.355 e. The number of anilines is 1. The molecular formula is C28H30F2N6OS. The van der Waals surface area contributed by atoms with Crippen LogP contribution in [-0.2, 0) is 0 Å². The van der Waals surface area contributed by atoms with E-state index in [1.54, 1.807) is 24.6 Å². The fourth-order valence-electron chi connectivity index (χ4n) is 5.05. The molecule has 198 valence electrons. The van der Waals surface area contributed by atoms with Gasteiger partial charge in [0.1, 0.15) is 17.3 Å². The molecule has 1 atom stereocenters. The first kappa shape index (κ1) is 26.2. The summed E-state index contributed by atoms with van der Waals surface area (Å²) >= 11 is 1.30. The third kappa shape index (κ3) is 4.45. The molecule has 0 amide bonds. The molecule has 0 aliphatic carbocycles. The second kappa shape index (κ2) is 10.4. The van der Waals surface area contributed by atoms with Crippen molar-refractivity contribution in [2.45, 2.75) is 44.6 Å². The van der Waals surface area contributed by atoms with Gasteiger partial charge < -0.3 is 10.2 Å². The van der Waals surface area contributed by atoms with Crippen molar-refractivity contribution < 1.29 is 8.78 Å². The number of hydrogen-bond donors (Lipinski definition) is 1. The molecule has 1 N–H and O–H groups in total. The number of nitrogens with zero attached hydrogens (tertiary/aromatic N) is 5. The van der Waals surface area contributed by atoms with Gasteiger partial charge in [-0.2, -0.15) is 4.98 Å². The summed E-state index contributed by atoms with van der Waals surface area (Å²) < 4.78 is 32.4. The number of piperazine rings is 1. The molecular weight excluding hydrogens is 506 g/mol. The zero-order chi connectivity index (χ0) is 27.1. The molecule has 10 heteroatoms. The van der Waals surface area contributed by atoms with E-state index in [2.05, 4.69) is 15.3 Å². The number of hydrogen-bond acceptors (Lipinski definition) is 7. The number of pyridine rings is 2. The van der Waals surface area contributed by atoms with E-state index in [9.17, 15) is 4.79 Å². The van der Waals surface area contributed by atoms with E-state index in [0.717, 1.165) is 5.56 Å². The van der Waals surface area contributed by atoms with E-state index in [4.69, 9.17) is 4.98 Å². The maximum Gasteiger partial charge on any atom is 0.355 e. The van der Waals surface area contributed by atoms with Crippen LogP contribution in [0.2, 0.25) is 0 Å². The second-order valence-corrected chi connectivity index (χ2v) is 10.7. The van der Waals surface area contributed by atoms with Gasteiger partial charge in [0.05, 0.1) is 22.3 Å². The quantitative estimate of drug-likeness (QED) is 0.357. The third-order valence-electron chi connectivity index (χ3n) is 6.93. The third-order valence-corrected chi connectivity index (χ3v) is 7.71. The monoisotopic (exact) mass is 536 g/mol. The van der Waals surface area contributed by atoms with Crippen molar-refractivity contribution in [2.75, 3.05) is 30.8 Å². The van der Waals surface area contributed by atoms with Crippen LogP contribution in [0.1, 0.15) is 37.9 Å². The fraction of sp³-hybridized carbons (Fsp3) is 0.357. The minimum atomic E-state index is -0.680. The van der Waals surface area contributed by atoms with Gasteiger partial charge in [0, 0.05) is 36.8 Å². The van der Waals surface area contributed by atoms with E-state index >= 15 is 8.78 Å². The van der Waals surface area contributed by atoms with Gasteiger partial charge in [0.25, 0.3) is 0 Å². The molecule has 0 unspecified atom stereocenters. The molecule has 3 aromatic heterocycles. The standard InChI is InChI=1S/C28H30F2N6OS/c1-15(2)23-25(16(3)9-10-32-23)36-27-18(26(34-28(36)37)35-12-11-31-14-17(35)4)13-20(30)24(33-27)22-19(29)7-6-8-21(22)38-5/h6-10,13,15,17,31H,11-12,14H2,1-5H3/t17-/m0/s1. The first-order valence-electron chi connectivity index (χ1n) is 12.6. The predicted octanol–water partition coefficient (Wildman–Crippen LogP) is 5.07. The normalized spacial score (nSPS) is 16.0. The Hall–Kier alpha value is -3.37. The van der Waals surface area contributed by atoms with Crippen molar-refractivity contribution >= 4 is 28.6 Å². The van der Waals surface area contributed by atoms with Gasteiger partial charge in [-0.1, -0.05) is 19.9 Å². The number of rotatable bonds is 5. The van der Waals surface area contributed by atoms with E-state index in [-0.39, 0.29) is 28.9 Å². The molecule has 1 aliphatic rings. The summed E-state index contributed by atoms with van der Waals surface area (Å²) in [4.78, 5) is 30.1. The molecule has 1 aromatic carbocycles. The zero-order valence-corrected chi connectivity index (χ0v) is 22.9. The van der Waals surface area contributed by atoms with Gasteiger partial charge in [-0.15, -0.1) is 11.8 Å². The molecule has 4 aromatic rings. The summed E-state index contributed by atoms with van der Waals surface area (Å²) in [6, 6.07) is 7.78. The molecule has 0 saturated carbocycles. The van der Waals surface area contributed by atoms with Gasteiger partial charge in [-0.05, 0) is 55.9 Å². The lowest BCUT2D eigenvalue weighted by atomic mass is 10.0. The highest BCUT2D eigenvalue weighted by molar-refractivity contribution is 7.98. The van der Waals surface area contributed by atoms with Crippen LogP contribution in [0.15, 0.2) is 46.2 Å². The van der Waals surface area contributed by atoms with E-state index < -0.39 is 17.3 Å². The van der Waals surface area contributed by atoms with Crippen molar-refractivity contribution in [2.24, 2.45) is 0 Å². The Morgan fingerprint density at radius 2 is 1.95 bits per heavy atom. The Morgan fingerprint density at radius 1 is 1.16 bits per heavy atom. The van der Waals surface area contributed by atoms with Crippen LogP contribution in [0.3, 0.4) is 0 Å². The Kier molecular flexibility index (Phi) is 7.19. The minimum Gasteiger partial charge on any atom is -0.351 e. The van der Waals surface area contributed by atoms with Gasteiger partial charge in [0.15, 0.2) is 11.5 Å². The lowest BCUT2D eigenvalue weighted by Crippen LogP contribution is -2.50. The van der Waals surface area contributed by atoms with Crippen molar-refractivity contribution in [3.8, 4) is 16.9 Å². The summed E-state index contributed by atoms with van der Waals surface area (Å²) in [6.45, 7) is 9.90. The molecule has 0 bridgehead atoms. The average Bonchev–Trinajstić information content (AvgIpc) is 2.89. The molecule has 1 saturated heterocycles. The highest BCUT2D eigenvalue weighted by Gasteiger charge is 2.28. The molecule has 38 heavy (non-hydrogen) atoms. The van der Waals surface area contributed by atoms with Crippen LogP contribution in [0, 0.1) is 18.6 Å². The van der Waals surface area contributed by atoms with E-state index in [1.165, 1.54) is 28.5 Å². The first-order valence-corrected chi connectivity index (χ1v) is 13.8. The van der Waals surface area contributed by atoms with Gasteiger partial charge in [-0.3, -0.25) is 4.98 Å². The molecule has 0 radical (unpaired) electrons. The van der Waals surface area contributed by atoms with Crippen molar-refractivity contribution in [1.29, 1.82) is 0 Å². The number of thioether (sulfide) groups is 1. The minimum absolute atomic E-state index is 0.00528. The molecule has 1 fully saturated rings. The van der Waals surface area contributed by atoms with Gasteiger partial charge in [0.2, 0.25) is 0 Å². The average molecular weight is 537 g/mol. The summed E-state index contributed by atoms with van der Waals surface area (Å²) in [5.74, 6) is -0.892. The van der Waals surface area contributed by atoms with Crippen LogP contribution in [0.4, 0.5) is 14.6 Å². The van der Waals surface area contributed by atoms with Crippen molar-refractivity contribution in [3.63, 3.8) is 0 Å². The zero-order valence-electron chi connectivity index (χ0n) is 22.0. The molecule has 5 rings (SSSR count). The smallest absolute Gasteiger partial charge is 0.351 e. The molecule has 7 nitrogen and oxygen atoms in total. The predicted molar refractivity (Wildman–Crippen MR) is 149 cm³/mol. The van der Waals surface area contributed by atoms with Crippen LogP contribution in [0.25, 0.3) is 28.0 Å². The summed E-state index contributed by atoms with van der Waals surface area (Å²) in [5.41, 5.74) is 1.66. The SMILES string of the molecule is CSc1cccc(F)c1-c1nc2c(cc1F)c(N1CCNC[C@@H]1C)nc(=O)n2-c1c(C)ccnc1C(C)C. The molecule has 4 heterocycles. The highest BCUT2D eigenvalue weighted by atomic mass is 32.2. The Labute approximate surface area is 224 Å². The maximum absolute atomic E-state index is 15.9. The maximum atomic E-state index is 15.9. The topological polar surface area (TPSA) is 75.9 Å². The van der Waals surface area contributed by atoms with Gasteiger partial charge in [-0.25, -0.2) is 23.1 Å². The summed E-state index contributed by atoms with van der Waals surface area (Å²) in [5, 5.41) is 3.72. The highest BCUT2D eigenvalue weighted by Crippen LogP contribution is 2.37. The van der Waals surface area contributed by atoms with Crippen LogP contribution < -0.4 is 15.9 Å². The number of fused-ring (bicyclic) bond motifs is 1. The molecule has 0 spiro atoms. The number of nitrogens with one attached hydrogen (secondary N) is 1. The van der Waals surface area contributed by atoms with Crippen LogP contribution in [0.5, 0.6) is 0 Å². The number of halogens is 2. The Balaban J connectivity index is 1.92. The number of benzene rings is 1. The van der Waals surface area contributed by atoms with E-state index in [0.29, 0.717) is 47.1 Å². The number of aryl methyl sites for hydroxylation is 1. The Bertz CT molecular complexity index is 1590. The lowest BCUT2D eigenvalue weighted by molar-refractivity contribution is 0.497. The first-order chi connectivity index (χ1) is 18.2. The van der Waals surface area contributed by atoms with Crippen LogP contribution in [-0.4, -0.2) is 51.5 Å². The Morgan fingerprint density at radius 3 is 2.66 bits per heavy atom. The fourth-order valence-corrected chi connectivity index (χ4v) is 5.66. The van der Waals surface area contributed by atoms with Crippen molar-refractivity contribution in [1.82, 2.24) is 24.8 Å². The van der Waals surface area contributed by atoms with Crippen molar-refractivity contribution in [3.05, 3.63) is 69.9 Å². The molecule has 1 aliphatic heterocycles. The van der Waals surface area contributed by atoms with Gasteiger partial charge >= 0.3 is 5.69 Å². The van der Waals surface area contributed by atoms with E-state index in [1.807, 2.05) is 38.7 Å². The van der Waals surface area contributed by atoms with Crippen LogP contribution >= 0.6 is 11.8 Å². The lowest BCUT2D eigenvalue weighted by Gasteiger charge is -2.35. The second-order valence-electron chi connectivity index (χ2n) is 9.82. The summed E-state index contributed by atoms with van der Waals surface area (Å²) in [7, 11) is 0. The number of aromatic nitrogens is 4. The summed E-state index contributed by atoms with van der Waals surface area (Å²) in [6.07, 6.45) is 3.50.